The lowest BCUT2D eigenvalue weighted by molar-refractivity contribution is -0.142. The number of anilines is 1. The van der Waals surface area contributed by atoms with Gasteiger partial charge in [0.15, 0.2) is 0 Å². The summed E-state index contributed by atoms with van der Waals surface area (Å²) in [6, 6.07) is 7.13. The first-order chi connectivity index (χ1) is 9.00. The van der Waals surface area contributed by atoms with Crippen molar-refractivity contribution in [3.8, 4) is 0 Å². The molecule has 1 aromatic carbocycles. The van der Waals surface area contributed by atoms with Crippen molar-refractivity contribution < 1.29 is 14.7 Å². The first kappa shape index (κ1) is 13.4. The molecule has 0 aromatic heterocycles. The van der Waals surface area contributed by atoms with Crippen LogP contribution in [0.3, 0.4) is 0 Å². The van der Waals surface area contributed by atoms with Crippen molar-refractivity contribution in [2.75, 3.05) is 25.0 Å². The molecule has 0 spiro atoms. The zero-order chi connectivity index (χ0) is 14.0. The molecule has 5 nitrogen and oxygen atoms in total. The number of amides is 1. The number of hydrogen-bond donors (Lipinski definition) is 1. The van der Waals surface area contributed by atoms with Crippen LogP contribution in [0.5, 0.6) is 0 Å². The highest BCUT2D eigenvalue weighted by atomic mass is 16.4. The van der Waals surface area contributed by atoms with E-state index in [0.29, 0.717) is 13.1 Å². The second kappa shape index (κ2) is 5.30. The third-order valence-corrected chi connectivity index (χ3v) is 3.51. The topological polar surface area (TPSA) is 60.9 Å². The zero-order valence-corrected chi connectivity index (χ0v) is 11.2. The van der Waals surface area contributed by atoms with Crippen molar-refractivity contribution in [2.24, 2.45) is 0 Å². The molecule has 1 heterocycles. The summed E-state index contributed by atoms with van der Waals surface area (Å²) in [7, 11) is 1.71. The molecule has 102 valence electrons. The van der Waals surface area contributed by atoms with Crippen molar-refractivity contribution in [2.45, 2.75) is 19.4 Å². The summed E-state index contributed by atoms with van der Waals surface area (Å²) in [5, 5.41) is 9.01. The lowest BCUT2D eigenvalue weighted by atomic mass is 10.0. The van der Waals surface area contributed by atoms with Gasteiger partial charge in [0.05, 0.1) is 6.42 Å². The second-order valence-electron chi connectivity index (χ2n) is 4.85. The summed E-state index contributed by atoms with van der Waals surface area (Å²) in [5.41, 5.74) is 1.99. The Hall–Kier alpha value is -2.04. The molecule has 1 N–H and O–H groups in total. The maximum atomic E-state index is 12.2. The molecular weight excluding hydrogens is 244 g/mol. The van der Waals surface area contributed by atoms with E-state index in [9.17, 15) is 9.59 Å². The highest BCUT2D eigenvalue weighted by Gasteiger charge is 2.35. The quantitative estimate of drug-likeness (QED) is 0.886. The molecule has 0 bridgehead atoms. The minimum absolute atomic E-state index is 0.128. The van der Waals surface area contributed by atoms with E-state index in [1.807, 2.05) is 36.1 Å². The molecule has 1 fully saturated rings. The van der Waals surface area contributed by atoms with Crippen LogP contribution in [-0.2, 0) is 9.59 Å². The van der Waals surface area contributed by atoms with Gasteiger partial charge in [0.2, 0.25) is 5.91 Å². The largest absolute Gasteiger partial charge is 0.481 e. The first-order valence-electron chi connectivity index (χ1n) is 6.29. The van der Waals surface area contributed by atoms with Crippen LogP contribution < -0.4 is 4.90 Å². The van der Waals surface area contributed by atoms with Gasteiger partial charge in [-0.05, 0) is 18.6 Å². The normalized spacial score (nSPS) is 19.7. The fraction of sp³-hybridized carbons (Fsp3) is 0.429. The number of nitrogens with zero attached hydrogens (tertiary/aromatic N) is 2. The number of carbonyl (C=O) groups excluding carboxylic acids is 1. The lowest BCUT2D eigenvalue weighted by Gasteiger charge is -2.40. The van der Waals surface area contributed by atoms with Gasteiger partial charge in [0.1, 0.15) is 6.04 Å². The molecule has 1 aliphatic heterocycles. The molecule has 1 amide bonds. The average molecular weight is 262 g/mol. The highest BCUT2D eigenvalue weighted by molar-refractivity contribution is 5.90. The van der Waals surface area contributed by atoms with E-state index in [1.165, 1.54) is 0 Å². The first-order valence-corrected chi connectivity index (χ1v) is 6.29. The van der Waals surface area contributed by atoms with Gasteiger partial charge in [-0.1, -0.05) is 18.2 Å². The van der Waals surface area contributed by atoms with Gasteiger partial charge in [-0.2, -0.15) is 0 Å². The maximum Gasteiger partial charge on any atom is 0.305 e. The van der Waals surface area contributed by atoms with Crippen LogP contribution in [0, 0.1) is 6.92 Å². The molecule has 0 aliphatic carbocycles. The van der Waals surface area contributed by atoms with Gasteiger partial charge in [-0.25, -0.2) is 0 Å². The summed E-state index contributed by atoms with van der Waals surface area (Å²) in [4.78, 5) is 26.7. The maximum absolute atomic E-state index is 12.2. The number of aliphatic carboxylic acids is 1. The number of likely N-dealkylation sites (N-methyl/N-ethyl adjacent to an activating group) is 1. The summed E-state index contributed by atoms with van der Waals surface area (Å²) in [6.45, 7) is 3.24. The Kier molecular flexibility index (Phi) is 3.74. The molecule has 1 saturated heterocycles. The molecule has 1 atom stereocenters. The predicted molar refractivity (Wildman–Crippen MR) is 72.2 cm³/mol. The molecular formula is C14H18N2O3. The predicted octanol–water partition coefficient (Wildman–Crippen LogP) is 1.12. The van der Waals surface area contributed by atoms with Crippen LogP contribution in [0.2, 0.25) is 0 Å². The molecule has 1 unspecified atom stereocenters. The zero-order valence-electron chi connectivity index (χ0n) is 11.2. The van der Waals surface area contributed by atoms with Crippen LogP contribution in [-0.4, -0.2) is 48.1 Å². The van der Waals surface area contributed by atoms with Crippen LogP contribution in [0.15, 0.2) is 24.3 Å². The summed E-state index contributed by atoms with van der Waals surface area (Å²) < 4.78 is 0. The third-order valence-electron chi connectivity index (χ3n) is 3.51. The van der Waals surface area contributed by atoms with Crippen LogP contribution in [0.4, 0.5) is 5.69 Å². The molecule has 1 aliphatic rings. The van der Waals surface area contributed by atoms with E-state index >= 15 is 0 Å². The number of carbonyl (C=O) groups is 2. The Morgan fingerprint density at radius 1 is 1.37 bits per heavy atom. The Bertz CT molecular complexity index is 501. The molecule has 0 saturated carbocycles. The van der Waals surface area contributed by atoms with Crippen molar-refractivity contribution in [1.29, 1.82) is 0 Å². The van der Waals surface area contributed by atoms with Crippen LogP contribution in [0.25, 0.3) is 0 Å². The van der Waals surface area contributed by atoms with Crippen LogP contribution >= 0.6 is 0 Å². The van der Waals surface area contributed by atoms with Gasteiger partial charge < -0.3 is 14.9 Å². The summed E-state index contributed by atoms with van der Waals surface area (Å²) in [6.07, 6.45) is -0.169. The standard InChI is InChI=1S/C14H18N2O3/c1-10-5-3-4-6-11(10)16-8-7-15(2)14(19)12(16)9-13(17)18/h3-6,12H,7-9H2,1-2H3,(H,17,18). The van der Waals surface area contributed by atoms with E-state index in [0.717, 1.165) is 11.3 Å². The van der Waals surface area contributed by atoms with Gasteiger partial charge in [0, 0.05) is 25.8 Å². The number of rotatable bonds is 3. The number of carboxylic acids is 1. The Balaban J connectivity index is 2.34. The monoisotopic (exact) mass is 262 g/mol. The van der Waals surface area contributed by atoms with Crippen molar-refractivity contribution in [1.82, 2.24) is 4.90 Å². The van der Waals surface area contributed by atoms with Crippen molar-refractivity contribution in [3.05, 3.63) is 29.8 Å². The highest BCUT2D eigenvalue weighted by Crippen LogP contribution is 2.25. The second-order valence-corrected chi connectivity index (χ2v) is 4.85. The number of hydrogen-bond acceptors (Lipinski definition) is 3. The fourth-order valence-corrected chi connectivity index (χ4v) is 2.45. The van der Waals surface area contributed by atoms with E-state index in [1.54, 1.807) is 11.9 Å². The van der Waals surface area contributed by atoms with Gasteiger partial charge in [-0.15, -0.1) is 0 Å². The summed E-state index contributed by atoms with van der Waals surface area (Å²) in [5.74, 6) is -1.08. The van der Waals surface area contributed by atoms with E-state index < -0.39 is 12.0 Å². The van der Waals surface area contributed by atoms with E-state index in [2.05, 4.69) is 0 Å². The van der Waals surface area contributed by atoms with Crippen molar-refractivity contribution in [3.63, 3.8) is 0 Å². The van der Waals surface area contributed by atoms with Crippen molar-refractivity contribution >= 4 is 17.6 Å². The Morgan fingerprint density at radius 2 is 2.05 bits per heavy atom. The fourth-order valence-electron chi connectivity index (χ4n) is 2.45. The number of piperazine rings is 1. The SMILES string of the molecule is Cc1ccccc1N1CCN(C)C(=O)C1CC(=O)O. The number of carboxylic acid groups (broad SMARTS) is 1. The minimum atomic E-state index is -0.952. The number of aryl methyl sites for hydroxylation is 1. The molecule has 1 aromatic rings. The average Bonchev–Trinajstić information content (AvgIpc) is 2.36. The summed E-state index contributed by atoms with van der Waals surface area (Å²) >= 11 is 0. The number of benzene rings is 1. The van der Waals surface area contributed by atoms with Crippen LogP contribution in [0.1, 0.15) is 12.0 Å². The molecule has 19 heavy (non-hydrogen) atoms. The molecule has 0 radical (unpaired) electrons. The van der Waals surface area contributed by atoms with Gasteiger partial charge in [0.25, 0.3) is 0 Å². The lowest BCUT2D eigenvalue weighted by Crippen LogP contribution is -2.56. The third kappa shape index (κ3) is 2.70. The smallest absolute Gasteiger partial charge is 0.305 e. The molecule has 5 heteroatoms. The minimum Gasteiger partial charge on any atom is -0.481 e. The number of para-hydroxylation sites is 1. The van der Waals surface area contributed by atoms with E-state index in [-0.39, 0.29) is 12.3 Å². The molecule has 2 rings (SSSR count). The Morgan fingerprint density at radius 3 is 2.68 bits per heavy atom. The van der Waals surface area contributed by atoms with Gasteiger partial charge in [-0.3, -0.25) is 9.59 Å². The van der Waals surface area contributed by atoms with E-state index in [4.69, 9.17) is 5.11 Å². The van der Waals surface area contributed by atoms with Gasteiger partial charge >= 0.3 is 5.97 Å². The Labute approximate surface area is 112 Å².